The van der Waals surface area contributed by atoms with Gasteiger partial charge < -0.3 is 31.1 Å². The number of aryl methyl sites for hydroxylation is 1. The summed E-state index contributed by atoms with van der Waals surface area (Å²) in [6.07, 6.45) is 14.7. The van der Waals surface area contributed by atoms with Gasteiger partial charge in [-0.15, -0.1) is 0 Å². The smallest absolute Gasteiger partial charge is 0.321 e. The van der Waals surface area contributed by atoms with Gasteiger partial charge in [0.25, 0.3) is 0 Å². The van der Waals surface area contributed by atoms with Crippen LogP contribution in [0.15, 0.2) is 180 Å². The lowest BCUT2D eigenvalue weighted by molar-refractivity contribution is -0.143. The van der Waals surface area contributed by atoms with Crippen LogP contribution in [0, 0.1) is 24.7 Å². The number of amides is 1. The minimum Gasteiger partial charge on any atom is -0.510 e. The molecule has 5 aliphatic heterocycles. The molecule has 4 aromatic rings. The number of benzene rings is 2. The molecule has 0 spiro atoms. The maximum absolute atomic E-state index is 13.9. The van der Waals surface area contributed by atoms with Crippen LogP contribution < -0.4 is 21.3 Å². The quantitative estimate of drug-likeness (QED) is 0.0448. The summed E-state index contributed by atoms with van der Waals surface area (Å²) in [5.41, 5.74) is 17.0. The van der Waals surface area contributed by atoms with Gasteiger partial charge in [0.1, 0.15) is 11.7 Å². The molecule has 1 fully saturated rings. The molecule has 7 heterocycles. The second-order valence-corrected chi connectivity index (χ2v) is 21.0. The number of hydrogen-bond donors (Lipinski definition) is 5. The van der Waals surface area contributed by atoms with Crippen molar-refractivity contribution in [2.75, 3.05) is 57.0 Å². The molecule has 1 aliphatic carbocycles. The molecule has 1 amide bonds. The monoisotopic (exact) mass is 1050 g/mol. The van der Waals surface area contributed by atoms with Crippen LogP contribution in [-0.2, 0) is 14.3 Å². The number of nitrogens with zero attached hydrogens (tertiary/aromatic N) is 6. The lowest BCUT2D eigenvalue weighted by Crippen LogP contribution is -2.34. The largest absolute Gasteiger partial charge is 0.510 e. The van der Waals surface area contributed by atoms with Gasteiger partial charge in [0.05, 0.1) is 52.4 Å². The Balaban J connectivity index is 0.846. The summed E-state index contributed by atoms with van der Waals surface area (Å²) >= 11 is 6.28. The van der Waals surface area contributed by atoms with Crippen molar-refractivity contribution in [3.63, 3.8) is 0 Å². The molecular weight excluding hydrogens is 984 g/mol. The number of carbonyl (C=O) groups is 2. The van der Waals surface area contributed by atoms with Crippen molar-refractivity contribution in [3.8, 4) is 0 Å². The fourth-order valence-corrected chi connectivity index (χ4v) is 11.7. The van der Waals surface area contributed by atoms with Crippen LogP contribution >= 0.6 is 11.6 Å². The van der Waals surface area contributed by atoms with E-state index < -0.39 is 11.9 Å². The van der Waals surface area contributed by atoms with Gasteiger partial charge in [0, 0.05) is 119 Å². The Morgan fingerprint density at radius 2 is 1.52 bits per heavy atom. The summed E-state index contributed by atoms with van der Waals surface area (Å²) in [5, 5.41) is 29.1. The predicted octanol–water partition coefficient (Wildman–Crippen LogP) is 11.5. The predicted molar refractivity (Wildman–Crippen MR) is 311 cm³/mol. The normalized spacial score (nSPS) is 19.7. The topological polar surface area (TPSA) is 178 Å². The first-order valence-corrected chi connectivity index (χ1v) is 27.2. The number of aliphatic imine (C=N–C) groups is 3. The molecule has 8 bridgehead atoms. The molecule has 0 unspecified atom stereocenters. The summed E-state index contributed by atoms with van der Waals surface area (Å²) in [7, 11) is 1.33. The number of halogens is 1. The van der Waals surface area contributed by atoms with E-state index in [1.807, 2.05) is 68.6 Å². The van der Waals surface area contributed by atoms with Crippen molar-refractivity contribution in [1.29, 1.82) is 0 Å². The van der Waals surface area contributed by atoms with E-state index in [0.717, 1.165) is 147 Å². The third kappa shape index (κ3) is 10.5. The minimum absolute atomic E-state index is 0.0498. The zero-order valence-electron chi connectivity index (χ0n) is 45.0. The average Bonchev–Trinajstić information content (AvgIpc) is 4.25. The Labute approximate surface area is 455 Å². The van der Waals surface area contributed by atoms with E-state index in [4.69, 9.17) is 31.3 Å². The number of anilines is 2. The summed E-state index contributed by atoms with van der Waals surface area (Å²) in [6.45, 7) is 21.0. The van der Waals surface area contributed by atoms with Crippen LogP contribution in [0.3, 0.4) is 0 Å². The third-order valence-corrected chi connectivity index (χ3v) is 16.1. The number of fused-ring (bicyclic) bond motifs is 7. The van der Waals surface area contributed by atoms with E-state index in [1.165, 1.54) is 12.7 Å². The number of aliphatic hydroxyl groups excluding tert-OH is 1. The molecule has 5 N–H and O–H groups in total. The molecule has 6 aliphatic rings. The molecule has 3 atom stereocenters. The van der Waals surface area contributed by atoms with Crippen LogP contribution in [0.25, 0.3) is 21.8 Å². The van der Waals surface area contributed by atoms with Crippen molar-refractivity contribution in [2.45, 2.75) is 73.6 Å². The van der Waals surface area contributed by atoms with Crippen LogP contribution in [0.2, 0.25) is 5.02 Å². The first-order chi connectivity index (χ1) is 37.3. The fourth-order valence-electron chi connectivity index (χ4n) is 11.6. The van der Waals surface area contributed by atoms with E-state index >= 15 is 0 Å². The lowest BCUT2D eigenvalue weighted by Gasteiger charge is -2.24. The van der Waals surface area contributed by atoms with Crippen molar-refractivity contribution >= 4 is 73.8 Å². The van der Waals surface area contributed by atoms with Gasteiger partial charge in [-0.05, 0) is 142 Å². The Hall–Kier alpha value is -7.68. The summed E-state index contributed by atoms with van der Waals surface area (Å²) in [4.78, 5) is 54.7. The minimum atomic E-state index is -1.10. The summed E-state index contributed by atoms with van der Waals surface area (Å²) < 4.78 is 5.37. The number of allylic oxidation sites excluding steroid dienone is 11. The first kappa shape index (κ1) is 52.7. The van der Waals surface area contributed by atoms with Crippen molar-refractivity contribution in [1.82, 2.24) is 25.5 Å². The maximum Gasteiger partial charge on any atom is 0.321 e. The molecule has 2 aromatic carbocycles. The highest BCUT2D eigenvalue weighted by molar-refractivity contribution is 6.31. The number of nitrogens with one attached hydrogen (secondary N) is 4. The molecule has 10 rings (SSSR count). The van der Waals surface area contributed by atoms with Gasteiger partial charge in [0.2, 0.25) is 5.91 Å². The molecule has 0 saturated carbocycles. The van der Waals surface area contributed by atoms with Gasteiger partial charge in [-0.2, -0.15) is 0 Å². The van der Waals surface area contributed by atoms with Crippen molar-refractivity contribution in [2.24, 2.45) is 32.7 Å². The fraction of sp³-hybridized carbons (Fsp3) is 0.339. The number of rotatable bonds is 19. The van der Waals surface area contributed by atoms with Crippen LogP contribution in [0.4, 0.5) is 11.4 Å². The molecule has 14 nitrogen and oxygen atoms in total. The zero-order valence-corrected chi connectivity index (χ0v) is 45.8. The first-order valence-electron chi connectivity index (χ1n) is 26.8. The van der Waals surface area contributed by atoms with Crippen LogP contribution in [-0.4, -0.2) is 95.4 Å². The number of carbonyl (C=O) groups excluding carboxylic acids is 2. The zero-order chi connectivity index (χ0) is 54.1. The van der Waals surface area contributed by atoms with Crippen molar-refractivity contribution in [3.05, 3.63) is 176 Å². The molecule has 15 heteroatoms. The SMILES string of the molecule is C=CC1=C(C)C2=NC1=CC1=NC(=CC3=C(C)C4=C(O)[C@H](C(=O)OC)C(=C5NC(=C2)[C@@H](C)[C@@H]5CCC(=O)NCCCCN(CCNc2ccnc5cc(C)ccc25)CCNc2ccnc5cc(Cl)ccc25)C4=N3)C(CC)=C1C. The van der Waals surface area contributed by atoms with Gasteiger partial charge in [0.15, 0.2) is 0 Å². The second kappa shape index (κ2) is 22.5. The van der Waals surface area contributed by atoms with E-state index in [0.29, 0.717) is 40.5 Å². The van der Waals surface area contributed by atoms with Crippen LogP contribution in [0.1, 0.15) is 72.3 Å². The lowest BCUT2D eigenvalue weighted by atomic mass is 9.84. The molecule has 2 aromatic heterocycles. The highest BCUT2D eigenvalue weighted by atomic mass is 35.5. The number of ether oxygens (including phenoxy) is 1. The highest BCUT2D eigenvalue weighted by Gasteiger charge is 2.49. The van der Waals surface area contributed by atoms with Gasteiger partial charge in [-0.25, -0.2) is 15.0 Å². The number of hydrogen-bond acceptors (Lipinski definition) is 13. The van der Waals surface area contributed by atoms with Gasteiger partial charge in [-0.3, -0.25) is 24.5 Å². The Kier molecular flexibility index (Phi) is 15.4. The van der Waals surface area contributed by atoms with E-state index in [9.17, 15) is 14.7 Å². The highest BCUT2D eigenvalue weighted by Crippen LogP contribution is 2.49. The molecule has 77 heavy (non-hydrogen) atoms. The number of pyridine rings is 2. The molecule has 396 valence electrons. The summed E-state index contributed by atoms with van der Waals surface area (Å²) in [6, 6.07) is 16.2. The number of methoxy groups -OCH3 is 1. The number of aliphatic hydroxyl groups is 1. The molecule has 1 saturated heterocycles. The standard InChI is InChI=1S/C62H67ClN10O4/c1-9-40-35(4)47-31-49-37(6)42(59(71-49)57-58(62(76)77-8)61(75)56-38(7)50(72-60(56)57)33-54-41(10-2)36(5)48(70-54)32-53(40)69-47)17-18-55(74)68-21-11-12-26-73(27-24-66-45-19-22-64-51-29-34(3)13-15-43(45)51)28-25-67-46-20-23-65-52-30-39(63)14-16-44(46)52/h9,13-16,19-20,22-23,29-33,37,42,58,71,75H,1,10-12,17-18,21,24-28H2,2-8H3,(H,64,66)(H,65,67)(H,68,74)/t37-,42-,58+/m0/s1. The molecule has 0 radical (unpaired) electrons. The van der Waals surface area contributed by atoms with Crippen molar-refractivity contribution < 1.29 is 19.4 Å². The second-order valence-electron chi connectivity index (χ2n) is 20.6. The summed E-state index contributed by atoms with van der Waals surface area (Å²) in [5.74, 6) is -2.19. The number of aromatic nitrogens is 2. The van der Waals surface area contributed by atoms with E-state index in [-0.39, 0.29) is 29.9 Å². The number of esters is 1. The van der Waals surface area contributed by atoms with E-state index in [2.05, 4.69) is 94.7 Å². The van der Waals surface area contributed by atoms with Gasteiger partial charge >= 0.3 is 5.97 Å². The van der Waals surface area contributed by atoms with Crippen LogP contribution in [0.5, 0.6) is 0 Å². The van der Waals surface area contributed by atoms with Gasteiger partial charge in [-0.1, -0.05) is 50.2 Å². The Bertz CT molecular complexity index is 3420. The maximum atomic E-state index is 13.9. The number of unbranched alkanes of at least 4 members (excludes halogenated alkanes) is 1. The third-order valence-electron chi connectivity index (χ3n) is 15.9. The van der Waals surface area contributed by atoms with E-state index in [1.54, 1.807) is 6.20 Å². The Morgan fingerprint density at radius 1 is 0.831 bits per heavy atom. The Morgan fingerprint density at radius 3 is 2.22 bits per heavy atom. The average molecular weight is 1050 g/mol. The molecular formula is C62H67ClN10O4.